The Bertz CT molecular complexity index is 256. The summed E-state index contributed by atoms with van der Waals surface area (Å²) in [6, 6.07) is 1.42. The van der Waals surface area contributed by atoms with Crippen LogP contribution in [0, 0.1) is 0 Å². The van der Waals surface area contributed by atoms with Crippen LogP contribution in [0.4, 0.5) is 0 Å². The van der Waals surface area contributed by atoms with Crippen LogP contribution in [0.2, 0.25) is 0 Å². The second-order valence-electron chi connectivity index (χ2n) is 1.96. The number of nitrogens with zero attached hydrogens (tertiary/aromatic N) is 2. The molecule has 0 saturated heterocycles. The summed E-state index contributed by atoms with van der Waals surface area (Å²) in [6.07, 6.45) is 1.55. The van der Waals surface area contributed by atoms with Crippen molar-refractivity contribution in [2.75, 3.05) is 7.11 Å². The van der Waals surface area contributed by atoms with Gasteiger partial charge in [-0.2, -0.15) is 5.10 Å². The molecule has 5 nitrogen and oxygen atoms in total. The van der Waals surface area contributed by atoms with E-state index in [1.165, 1.54) is 17.9 Å². The number of methoxy groups -OCH3 is 1. The molecule has 0 bridgehead atoms. The van der Waals surface area contributed by atoms with Crippen LogP contribution in [-0.4, -0.2) is 28.0 Å². The molecule has 0 atom stereocenters. The second kappa shape index (κ2) is 3.16. The Kier molecular flexibility index (Phi) is 2.22. The van der Waals surface area contributed by atoms with Crippen molar-refractivity contribution in [1.29, 1.82) is 0 Å². The number of carboxylic acid groups (broad SMARTS) is 1. The van der Waals surface area contributed by atoms with Crippen LogP contribution in [0.1, 0.15) is 10.5 Å². The van der Waals surface area contributed by atoms with E-state index in [9.17, 15) is 4.79 Å². The SMILES string of the molecule is COCn1ccc(C(=O)O)n1. The molecule has 0 fully saturated rings. The van der Waals surface area contributed by atoms with Crippen molar-refractivity contribution >= 4 is 5.97 Å². The third kappa shape index (κ3) is 1.78. The van der Waals surface area contributed by atoms with Gasteiger partial charge in [0.15, 0.2) is 5.69 Å². The average molecular weight is 156 g/mol. The second-order valence-corrected chi connectivity index (χ2v) is 1.96. The summed E-state index contributed by atoms with van der Waals surface area (Å²) < 4.78 is 6.13. The summed E-state index contributed by atoms with van der Waals surface area (Å²) in [5.74, 6) is -1.03. The fourth-order valence-corrected chi connectivity index (χ4v) is 0.680. The zero-order valence-electron chi connectivity index (χ0n) is 6.02. The smallest absolute Gasteiger partial charge is 0.356 e. The van der Waals surface area contributed by atoms with E-state index in [0.717, 1.165) is 0 Å². The summed E-state index contributed by atoms with van der Waals surface area (Å²) in [6.45, 7) is 0.271. The normalized spacial score (nSPS) is 9.91. The molecule has 1 aromatic rings. The Hall–Kier alpha value is -1.36. The lowest BCUT2D eigenvalue weighted by atomic mass is 10.5. The number of hydrogen-bond donors (Lipinski definition) is 1. The van der Waals surface area contributed by atoms with Crippen molar-refractivity contribution in [2.24, 2.45) is 0 Å². The molecule has 0 aliphatic rings. The molecule has 0 aliphatic heterocycles. The predicted molar refractivity (Wildman–Crippen MR) is 36.2 cm³/mol. The highest BCUT2D eigenvalue weighted by Gasteiger charge is 2.05. The van der Waals surface area contributed by atoms with Gasteiger partial charge in [-0.15, -0.1) is 0 Å². The van der Waals surface area contributed by atoms with Crippen molar-refractivity contribution in [1.82, 2.24) is 9.78 Å². The molecule has 5 heteroatoms. The summed E-state index contributed by atoms with van der Waals surface area (Å²) >= 11 is 0. The number of carbonyl (C=O) groups is 1. The Morgan fingerprint density at radius 2 is 2.64 bits per heavy atom. The maximum Gasteiger partial charge on any atom is 0.356 e. The van der Waals surface area contributed by atoms with E-state index in [1.807, 2.05) is 0 Å². The maximum atomic E-state index is 10.3. The molecule has 1 heterocycles. The van der Waals surface area contributed by atoms with Crippen LogP contribution in [0.25, 0.3) is 0 Å². The summed E-state index contributed by atoms with van der Waals surface area (Å²) in [5, 5.41) is 12.1. The van der Waals surface area contributed by atoms with Crippen molar-refractivity contribution < 1.29 is 14.6 Å². The minimum absolute atomic E-state index is 0.0297. The molecule has 1 aromatic heterocycles. The first-order chi connectivity index (χ1) is 5.24. The average Bonchev–Trinajstić information content (AvgIpc) is 2.37. The predicted octanol–water partition coefficient (Wildman–Crippen LogP) is 0.185. The molecular weight excluding hydrogens is 148 g/mol. The van der Waals surface area contributed by atoms with Gasteiger partial charge >= 0.3 is 5.97 Å². The van der Waals surface area contributed by atoms with Gasteiger partial charge in [0, 0.05) is 13.3 Å². The van der Waals surface area contributed by atoms with Crippen LogP contribution in [0.3, 0.4) is 0 Å². The van der Waals surface area contributed by atoms with Gasteiger partial charge in [0.1, 0.15) is 6.73 Å². The zero-order valence-corrected chi connectivity index (χ0v) is 6.02. The van der Waals surface area contributed by atoms with Crippen LogP contribution >= 0.6 is 0 Å². The third-order valence-electron chi connectivity index (χ3n) is 1.12. The van der Waals surface area contributed by atoms with Gasteiger partial charge in [0.25, 0.3) is 0 Å². The molecule has 0 radical (unpaired) electrons. The lowest BCUT2D eigenvalue weighted by molar-refractivity contribution is 0.0685. The van der Waals surface area contributed by atoms with E-state index in [1.54, 1.807) is 6.20 Å². The van der Waals surface area contributed by atoms with Crippen LogP contribution in [-0.2, 0) is 11.5 Å². The standard InChI is InChI=1S/C6H8N2O3/c1-11-4-8-3-2-5(7-8)6(9)10/h2-3H,4H2,1H3,(H,9,10). The summed E-state index contributed by atoms with van der Waals surface area (Å²) in [7, 11) is 1.52. The number of aromatic carboxylic acids is 1. The number of carboxylic acids is 1. The van der Waals surface area contributed by atoms with Crippen molar-refractivity contribution in [3.8, 4) is 0 Å². The van der Waals surface area contributed by atoms with E-state index in [0.29, 0.717) is 0 Å². The van der Waals surface area contributed by atoms with E-state index in [4.69, 9.17) is 9.84 Å². The lowest BCUT2D eigenvalue weighted by Gasteiger charge is -1.95. The van der Waals surface area contributed by atoms with Gasteiger partial charge in [-0.3, -0.25) is 0 Å². The molecule has 11 heavy (non-hydrogen) atoms. The Morgan fingerprint density at radius 1 is 1.91 bits per heavy atom. The first-order valence-corrected chi connectivity index (χ1v) is 2.99. The quantitative estimate of drug-likeness (QED) is 0.678. The fraction of sp³-hybridized carbons (Fsp3) is 0.333. The van der Waals surface area contributed by atoms with Crippen LogP contribution in [0.15, 0.2) is 12.3 Å². The molecule has 60 valence electrons. The van der Waals surface area contributed by atoms with E-state index in [2.05, 4.69) is 5.10 Å². The summed E-state index contributed by atoms with van der Waals surface area (Å²) in [4.78, 5) is 10.3. The first-order valence-electron chi connectivity index (χ1n) is 2.99. The number of hydrogen-bond acceptors (Lipinski definition) is 3. The molecule has 1 rings (SSSR count). The van der Waals surface area contributed by atoms with Gasteiger partial charge in [-0.05, 0) is 6.07 Å². The van der Waals surface area contributed by atoms with Crippen molar-refractivity contribution in [2.45, 2.75) is 6.73 Å². The molecular formula is C6H8N2O3. The third-order valence-corrected chi connectivity index (χ3v) is 1.12. The molecule has 1 N–H and O–H groups in total. The highest BCUT2D eigenvalue weighted by molar-refractivity contribution is 5.84. The largest absolute Gasteiger partial charge is 0.476 e. The number of aromatic nitrogens is 2. The minimum Gasteiger partial charge on any atom is -0.476 e. The first kappa shape index (κ1) is 7.74. The van der Waals surface area contributed by atoms with Crippen LogP contribution < -0.4 is 0 Å². The van der Waals surface area contributed by atoms with E-state index in [-0.39, 0.29) is 12.4 Å². The molecule has 0 unspecified atom stereocenters. The van der Waals surface area contributed by atoms with Gasteiger partial charge in [-0.1, -0.05) is 0 Å². The highest BCUT2D eigenvalue weighted by Crippen LogP contribution is 1.94. The monoisotopic (exact) mass is 156 g/mol. The number of rotatable bonds is 3. The van der Waals surface area contributed by atoms with Gasteiger partial charge < -0.3 is 9.84 Å². The van der Waals surface area contributed by atoms with E-state index >= 15 is 0 Å². The number of ether oxygens (including phenoxy) is 1. The fourth-order valence-electron chi connectivity index (χ4n) is 0.680. The lowest BCUT2D eigenvalue weighted by Crippen LogP contribution is -2.03. The van der Waals surface area contributed by atoms with Gasteiger partial charge in [-0.25, -0.2) is 9.48 Å². The zero-order chi connectivity index (χ0) is 8.27. The Balaban J connectivity index is 2.73. The van der Waals surface area contributed by atoms with Gasteiger partial charge in [0.05, 0.1) is 0 Å². The molecule has 0 aliphatic carbocycles. The maximum absolute atomic E-state index is 10.3. The topological polar surface area (TPSA) is 64.3 Å². The Morgan fingerprint density at radius 3 is 3.09 bits per heavy atom. The van der Waals surface area contributed by atoms with Gasteiger partial charge in [0.2, 0.25) is 0 Å². The molecule has 0 spiro atoms. The molecule has 0 amide bonds. The molecule has 0 saturated carbocycles. The van der Waals surface area contributed by atoms with Crippen molar-refractivity contribution in [3.63, 3.8) is 0 Å². The van der Waals surface area contributed by atoms with Crippen molar-refractivity contribution in [3.05, 3.63) is 18.0 Å². The minimum atomic E-state index is -1.03. The Labute approximate surface area is 63.2 Å². The highest BCUT2D eigenvalue weighted by atomic mass is 16.5. The van der Waals surface area contributed by atoms with E-state index < -0.39 is 5.97 Å². The molecule has 0 aromatic carbocycles. The van der Waals surface area contributed by atoms with Crippen LogP contribution in [0.5, 0.6) is 0 Å². The summed E-state index contributed by atoms with van der Waals surface area (Å²) in [5.41, 5.74) is 0.0297.